The zero-order valence-electron chi connectivity index (χ0n) is 11.3. The molecule has 2 atom stereocenters. The predicted octanol–water partition coefficient (Wildman–Crippen LogP) is 0.507. The monoisotopic (exact) mass is 256 g/mol. The average molecular weight is 256 g/mol. The molecule has 0 aromatic rings. The Bertz CT molecular complexity index is 305. The van der Waals surface area contributed by atoms with Crippen molar-refractivity contribution in [1.29, 1.82) is 0 Å². The number of primary amides is 1. The third-order valence-corrected chi connectivity index (χ3v) is 3.47. The van der Waals surface area contributed by atoms with Gasteiger partial charge < -0.3 is 15.7 Å². The molecule has 0 aromatic heterocycles. The second-order valence-electron chi connectivity index (χ2n) is 5.49. The highest BCUT2D eigenvalue weighted by atomic mass is 16.3. The Balaban J connectivity index is 2.53. The van der Waals surface area contributed by atoms with Crippen LogP contribution < -0.4 is 5.73 Å². The highest BCUT2D eigenvalue weighted by Gasteiger charge is 2.30. The summed E-state index contributed by atoms with van der Waals surface area (Å²) in [5, 5.41) is 9.92. The minimum atomic E-state index is -0.826. The van der Waals surface area contributed by atoms with Crippen LogP contribution in [-0.4, -0.2) is 41.0 Å². The summed E-state index contributed by atoms with van der Waals surface area (Å²) >= 11 is 0. The molecule has 5 nitrogen and oxygen atoms in total. The first-order chi connectivity index (χ1) is 8.41. The van der Waals surface area contributed by atoms with E-state index in [9.17, 15) is 14.7 Å². The smallest absolute Gasteiger partial charge is 0.223 e. The van der Waals surface area contributed by atoms with Crippen molar-refractivity contribution in [2.75, 3.05) is 13.1 Å². The molecule has 0 radical (unpaired) electrons. The molecule has 3 N–H and O–H groups in total. The lowest BCUT2D eigenvalue weighted by atomic mass is 9.97. The van der Waals surface area contributed by atoms with Gasteiger partial charge in [0.25, 0.3) is 0 Å². The van der Waals surface area contributed by atoms with Crippen LogP contribution in [0.25, 0.3) is 0 Å². The van der Waals surface area contributed by atoms with Crippen LogP contribution in [0.5, 0.6) is 0 Å². The molecule has 1 saturated heterocycles. The first kappa shape index (κ1) is 15.0. The van der Waals surface area contributed by atoms with Gasteiger partial charge in [-0.15, -0.1) is 0 Å². The maximum atomic E-state index is 12.0. The summed E-state index contributed by atoms with van der Waals surface area (Å²) in [6, 6.07) is 0. The summed E-state index contributed by atoms with van der Waals surface area (Å²) in [6.45, 7) is 4.99. The van der Waals surface area contributed by atoms with Gasteiger partial charge in [-0.25, -0.2) is 0 Å². The van der Waals surface area contributed by atoms with Crippen LogP contribution in [0.2, 0.25) is 0 Å². The summed E-state index contributed by atoms with van der Waals surface area (Å²) in [4.78, 5) is 24.8. The number of amides is 2. The normalized spacial score (nSPS) is 25.0. The minimum Gasteiger partial charge on any atom is -0.390 e. The van der Waals surface area contributed by atoms with E-state index in [1.54, 1.807) is 4.90 Å². The quantitative estimate of drug-likeness (QED) is 0.768. The number of carbonyl (C=O) groups is 2. The molecule has 1 aliphatic heterocycles. The van der Waals surface area contributed by atoms with Gasteiger partial charge in [-0.1, -0.05) is 13.8 Å². The van der Waals surface area contributed by atoms with E-state index in [0.717, 1.165) is 12.8 Å². The van der Waals surface area contributed by atoms with Crippen molar-refractivity contribution in [3.05, 3.63) is 0 Å². The Morgan fingerprint density at radius 2 is 2.11 bits per heavy atom. The Hall–Kier alpha value is -1.10. The first-order valence-electron chi connectivity index (χ1n) is 6.67. The van der Waals surface area contributed by atoms with Crippen LogP contribution in [0.1, 0.15) is 39.5 Å². The number of β-amino-alcohol motifs (C(OH)–C–C–N with tert-alkyl or cyclic N) is 1. The molecule has 2 amide bonds. The van der Waals surface area contributed by atoms with Crippen LogP contribution in [0.3, 0.4) is 0 Å². The van der Waals surface area contributed by atoms with E-state index in [1.165, 1.54) is 0 Å². The lowest BCUT2D eigenvalue weighted by Crippen LogP contribution is -2.41. The lowest BCUT2D eigenvalue weighted by Gasteiger charge is -2.24. The number of carbonyl (C=O) groups excluding carboxylic acids is 2. The van der Waals surface area contributed by atoms with Crippen molar-refractivity contribution < 1.29 is 14.7 Å². The van der Waals surface area contributed by atoms with Gasteiger partial charge in [0.05, 0.1) is 12.0 Å². The predicted molar refractivity (Wildman–Crippen MR) is 68.6 cm³/mol. The fourth-order valence-corrected chi connectivity index (χ4v) is 2.27. The molecule has 0 aliphatic carbocycles. The van der Waals surface area contributed by atoms with Gasteiger partial charge in [0.2, 0.25) is 11.8 Å². The Morgan fingerprint density at radius 1 is 1.44 bits per heavy atom. The molecule has 0 spiro atoms. The largest absolute Gasteiger partial charge is 0.390 e. The molecule has 18 heavy (non-hydrogen) atoms. The van der Waals surface area contributed by atoms with E-state index < -0.39 is 17.9 Å². The van der Waals surface area contributed by atoms with E-state index in [4.69, 9.17) is 5.73 Å². The second kappa shape index (κ2) is 6.73. The molecule has 1 aliphatic rings. The van der Waals surface area contributed by atoms with Gasteiger partial charge in [0.15, 0.2) is 0 Å². The van der Waals surface area contributed by atoms with Crippen molar-refractivity contribution in [2.24, 2.45) is 17.6 Å². The fraction of sp³-hybridized carbons (Fsp3) is 0.846. The number of likely N-dealkylation sites (tertiary alicyclic amines) is 1. The number of nitrogens with zero attached hydrogens (tertiary/aromatic N) is 1. The molecule has 1 rings (SSSR count). The highest BCUT2D eigenvalue weighted by Crippen LogP contribution is 2.19. The van der Waals surface area contributed by atoms with Crippen LogP contribution in [0.4, 0.5) is 0 Å². The molecule has 5 heteroatoms. The molecule has 0 saturated carbocycles. The molecule has 1 fully saturated rings. The van der Waals surface area contributed by atoms with Crippen LogP contribution >= 0.6 is 0 Å². The van der Waals surface area contributed by atoms with E-state index in [-0.39, 0.29) is 12.5 Å². The van der Waals surface area contributed by atoms with Gasteiger partial charge in [-0.05, 0) is 25.2 Å². The first-order valence-corrected chi connectivity index (χ1v) is 6.67. The summed E-state index contributed by atoms with van der Waals surface area (Å²) in [6.07, 6.45) is 1.81. The zero-order valence-corrected chi connectivity index (χ0v) is 11.3. The van der Waals surface area contributed by atoms with E-state index in [1.807, 2.05) is 0 Å². The van der Waals surface area contributed by atoms with Gasteiger partial charge in [-0.2, -0.15) is 0 Å². The molecule has 2 unspecified atom stereocenters. The minimum absolute atomic E-state index is 0.0628. The van der Waals surface area contributed by atoms with E-state index in [2.05, 4.69) is 13.8 Å². The van der Waals surface area contributed by atoms with Crippen LogP contribution in [0, 0.1) is 11.8 Å². The SMILES string of the molecule is CC(C)CCC(=O)N1CCCC(C(N)=O)C(O)C1. The number of hydrogen-bond acceptors (Lipinski definition) is 3. The van der Waals surface area contributed by atoms with E-state index >= 15 is 0 Å². The van der Waals surface area contributed by atoms with Gasteiger partial charge >= 0.3 is 0 Å². The van der Waals surface area contributed by atoms with Crippen molar-refractivity contribution in [3.8, 4) is 0 Å². The van der Waals surface area contributed by atoms with Crippen molar-refractivity contribution in [3.63, 3.8) is 0 Å². The van der Waals surface area contributed by atoms with Crippen LogP contribution in [-0.2, 0) is 9.59 Å². The summed E-state index contributed by atoms with van der Waals surface area (Å²) < 4.78 is 0. The molecule has 104 valence electrons. The summed E-state index contributed by atoms with van der Waals surface area (Å²) in [5.41, 5.74) is 5.24. The number of rotatable bonds is 4. The number of aliphatic hydroxyl groups excluding tert-OH is 1. The number of hydrogen-bond donors (Lipinski definition) is 2. The average Bonchev–Trinajstić information content (AvgIpc) is 2.47. The lowest BCUT2D eigenvalue weighted by molar-refractivity contribution is -0.134. The third kappa shape index (κ3) is 4.29. The molecular formula is C13H24N2O3. The highest BCUT2D eigenvalue weighted by molar-refractivity contribution is 5.78. The van der Waals surface area contributed by atoms with Crippen molar-refractivity contribution in [2.45, 2.75) is 45.6 Å². The Kier molecular flexibility index (Phi) is 5.59. The van der Waals surface area contributed by atoms with Gasteiger partial charge in [0.1, 0.15) is 0 Å². The maximum Gasteiger partial charge on any atom is 0.223 e. The standard InChI is InChI=1S/C13H24N2O3/c1-9(2)5-6-12(17)15-7-3-4-10(13(14)18)11(16)8-15/h9-11,16H,3-8H2,1-2H3,(H2,14,18). The summed E-state index contributed by atoms with van der Waals surface area (Å²) in [7, 11) is 0. The molecule has 0 aromatic carbocycles. The van der Waals surface area contributed by atoms with Crippen LogP contribution in [0.15, 0.2) is 0 Å². The Labute approximate surface area is 108 Å². The van der Waals surface area contributed by atoms with Gasteiger partial charge in [-0.3, -0.25) is 9.59 Å². The topological polar surface area (TPSA) is 83.6 Å². The zero-order chi connectivity index (χ0) is 13.7. The van der Waals surface area contributed by atoms with E-state index in [0.29, 0.717) is 25.3 Å². The maximum absolute atomic E-state index is 12.0. The molecule has 0 bridgehead atoms. The number of nitrogens with two attached hydrogens (primary N) is 1. The molecular weight excluding hydrogens is 232 g/mol. The van der Waals surface area contributed by atoms with Crippen molar-refractivity contribution >= 4 is 11.8 Å². The third-order valence-electron chi connectivity index (χ3n) is 3.47. The summed E-state index contributed by atoms with van der Waals surface area (Å²) in [5.74, 6) is -0.441. The van der Waals surface area contributed by atoms with Gasteiger partial charge in [0, 0.05) is 19.5 Å². The van der Waals surface area contributed by atoms with Crippen molar-refractivity contribution in [1.82, 2.24) is 4.90 Å². The fourth-order valence-electron chi connectivity index (χ4n) is 2.27. The molecule has 1 heterocycles. The number of aliphatic hydroxyl groups is 1. The second-order valence-corrected chi connectivity index (χ2v) is 5.49. The Morgan fingerprint density at radius 3 is 2.67 bits per heavy atom.